The summed E-state index contributed by atoms with van der Waals surface area (Å²) in [5.41, 5.74) is 1.61. The van der Waals surface area contributed by atoms with Crippen molar-refractivity contribution in [3.63, 3.8) is 0 Å². The van der Waals surface area contributed by atoms with E-state index in [1.807, 2.05) is 0 Å². The molecule has 1 saturated heterocycles. The number of rotatable bonds is 4. The summed E-state index contributed by atoms with van der Waals surface area (Å²) in [4.78, 5) is 28.4. The van der Waals surface area contributed by atoms with Crippen LogP contribution in [0.2, 0.25) is 0 Å². The van der Waals surface area contributed by atoms with Crippen molar-refractivity contribution in [3.05, 3.63) is 17.8 Å². The van der Waals surface area contributed by atoms with Gasteiger partial charge >= 0.3 is 12.1 Å². The van der Waals surface area contributed by atoms with Crippen molar-refractivity contribution in [3.8, 4) is 0 Å². The Balaban J connectivity index is 1.92. The zero-order valence-electron chi connectivity index (χ0n) is 12.9. The summed E-state index contributed by atoms with van der Waals surface area (Å²) in [5.74, 6) is -3.12. The summed E-state index contributed by atoms with van der Waals surface area (Å²) in [7, 11) is 0. The van der Waals surface area contributed by atoms with Crippen molar-refractivity contribution in [1.29, 1.82) is 0 Å². The van der Waals surface area contributed by atoms with Crippen molar-refractivity contribution in [2.24, 2.45) is 0 Å². The van der Waals surface area contributed by atoms with Gasteiger partial charge in [0.25, 0.3) is 5.91 Å². The molecule has 7 nitrogen and oxygen atoms in total. The summed E-state index contributed by atoms with van der Waals surface area (Å²) in [6, 6.07) is 3.33. The van der Waals surface area contributed by atoms with E-state index in [9.17, 15) is 22.8 Å². The SMILES string of the molecule is Cc1nc(NC(=O)COC(=O)C(F)(F)F)ccc1N1CCNCC1. The van der Waals surface area contributed by atoms with Crippen LogP contribution in [0.25, 0.3) is 0 Å². The number of pyridine rings is 1. The molecule has 0 unspecified atom stereocenters. The van der Waals surface area contributed by atoms with Crippen LogP contribution in [0.1, 0.15) is 5.69 Å². The molecule has 2 rings (SSSR count). The van der Waals surface area contributed by atoms with Crippen LogP contribution in [-0.4, -0.2) is 55.8 Å². The van der Waals surface area contributed by atoms with Gasteiger partial charge in [0.05, 0.1) is 11.4 Å². The van der Waals surface area contributed by atoms with Crippen LogP contribution in [-0.2, 0) is 14.3 Å². The standard InChI is InChI=1S/C14H17F3N4O3/c1-9-10(21-6-4-18-5-7-21)2-3-11(19-9)20-12(22)8-24-13(23)14(15,16)17/h2-3,18H,4-8H2,1H3,(H,19,20,22). The predicted octanol–water partition coefficient (Wildman–Crippen LogP) is 0.844. The van der Waals surface area contributed by atoms with Gasteiger partial charge in [-0.05, 0) is 19.1 Å². The number of halogens is 3. The first-order valence-electron chi connectivity index (χ1n) is 7.24. The minimum absolute atomic E-state index is 0.180. The zero-order valence-corrected chi connectivity index (χ0v) is 12.9. The van der Waals surface area contributed by atoms with Crippen molar-refractivity contribution in [2.45, 2.75) is 13.1 Å². The zero-order chi connectivity index (χ0) is 17.7. The number of nitrogens with one attached hydrogen (secondary N) is 2. The van der Waals surface area contributed by atoms with Gasteiger partial charge in [0, 0.05) is 26.2 Å². The van der Waals surface area contributed by atoms with Crippen LogP contribution in [0.15, 0.2) is 12.1 Å². The molecule has 0 saturated carbocycles. The van der Waals surface area contributed by atoms with E-state index >= 15 is 0 Å². The first kappa shape index (κ1) is 18.0. The van der Waals surface area contributed by atoms with E-state index < -0.39 is 24.7 Å². The maximum atomic E-state index is 12.0. The molecule has 0 bridgehead atoms. The number of carbonyl (C=O) groups excluding carboxylic acids is 2. The minimum atomic E-state index is -5.12. The van der Waals surface area contributed by atoms with Crippen LogP contribution in [0.5, 0.6) is 0 Å². The molecule has 1 aliphatic rings. The Hall–Kier alpha value is -2.36. The topological polar surface area (TPSA) is 83.6 Å². The van der Waals surface area contributed by atoms with Gasteiger partial charge in [0.15, 0.2) is 6.61 Å². The third-order valence-corrected chi connectivity index (χ3v) is 3.35. The Labute approximate surface area is 136 Å². The summed E-state index contributed by atoms with van der Waals surface area (Å²) >= 11 is 0. The Kier molecular flexibility index (Phi) is 5.60. The Morgan fingerprint density at radius 3 is 2.58 bits per heavy atom. The average Bonchev–Trinajstić information content (AvgIpc) is 2.52. The molecule has 1 aliphatic heterocycles. The highest BCUT2D eigenvalue weighted by atomic mass is 19.4. The number of esters is 1. The third-order valence-electron chi connectivity index (χ3n) is 3.35. The number of carbonyl (C=O) groups is 2. The van der Waals surface area contributed by atoms with E-state index in [4.69, 9.17) is 0 Å². The average molecular weight is 346 g/mol. The quantitative estimate of drug-likeness (QED) is 0.787. The molecule has 0 radical (unpaired) electrons. The highest BCUT2D eigenvalue weighted by Crippen LogP contribution is 2.21. The molecule has 0 spiro atoms. The number of amides is 1. The van der Waals surface area contributed by atoms with E-state index in [0.29, 0.717) is 5.69 Å². The highest BCUT2D eigenvalue weighted by Gasteiger charge is 2.41. The van der Waals surface area contributed by atoms with Gasteiger partial charge in [-0.3, -0.25) is 4.79 Å². The van der Waals surface area contributed by atoms with E-state index in [0.717, 1.165) is 31.9 Å². The lowest BCUT2D eigenvalue weighted by atomic mass is 10.2. The van der Waals surface area contributed by atoms with Crippen LogP contribution in [0.3, 0.4) is 0 Å². The molecule has 0 aromatic carbocycles. The molecule has 0 atom stereocenters. The molecule has 24 heavy (non-hydrogen) atoms. The van der Waals surface area contributed by atoms with Gasteiger partial charge < -0.3 is 20.3 Å². The molecular formula is C14H17F3N4O3. The number of hydrogen-bond donors (Lipinski definition) is 2. The normalized spacial score (nSPS) is 15.1. The van der Waals surface area contributed by atoms with Crippen LogP contribution < -0.4 is 15.5 Å². The predicted molar refractivity (Wildman–Crippen MR) is 79.7 cm³/mol. The van der Waals surface area contributed by atoms with Gasteiger partial charge in [-0.15, -0.1) is 0 Å². The first-order chi connectivity index (χ1) is 11.3. The van der Waals surface area contributed by atoms with Crippen LogP contribution in [0, 0.1) is 6.92 Å². The van der Waals surface area contributed by atoms with E-state index in [1.165, 1.54) is 0 Å². The second-order valence-electron chi connectivity index (χ2n) is 5.16. The summed E-state index contributed by atoms with van der Waals surface area (Å²) in [5, 5.41) is 5.53. The lowest BCUT2D eigenvalue weighted by molar-refractivity contribution is -0.199. The fourth-order valence-electron chi connectivity index (χ4n) is 2.26. The Morgan fingerprint density at radius 1 is 1.33 bits per heavy atom. The number of hydrogen-bond acceptors (Lipinski definition) is 6. The fraction of sp³-hybridized carbons (Fsp3) is 0.500. The van der Waals surface area contributed by atoms with Crippen molar-refractivity contribution in [1.82, 2.24) is 10.3 Å². The lowest BCUT2D eigenvalue weighted by Crippen LogP contribution is -2.43. The molecule has 2 N–H and O–H groups in total. The van der Waals surface area contributed by atoms with Gasteiger partial charge in [-0.2, -0.15) is 13.2 Å². The van der Waals surface area contributed by atoms with Crippen LogP contribution >= 0.6 is 0 Å². The molecule has 10 heteroatoms. The van der Waals surface area contributed by atoms with Crippen molar-refractivity contribution >= 4 is 23.4 Å². The maximum Gasteiger partial charge on any atom is 0.490 e. The first-order valence-corrected chi connectivity index (χ1v) is 7.24. The second kappa shape index (κ2) is 7.47. The summed E-state index contributed by atoms with van der Waals surface area (Å²) in [6.45, 7) is 4.14. The number of anilines is 2. The monoisotopic (exact) mass is 346 g/mol. The smallest absolute Gasteiger partial charge is 0.449 e. The van der Waals surface area contributed by atoms with E-state index in [2.05, 4.69) is 25.3 Å². The third kappa shape index (κ3) is 4.82. The number of alkyl halides is 3. The molecule has 2 heterocycles. The summed E-state index contributed by atoms with van der Waals surface area (Å²) < 4.78 is 39.8. The number of aryl methyl sites for hydroxylation is 1. The summed E-state index contributed by atoms with van der Waals surface area (Å²) in [6.07, 6.45) is -5.12. The largest absolute Gasteiger partial charge is 0.490 e. The van der Waals surface area contributed by atoms with E-state index in [1.54, 1.807) is 19.1 Å². The molecular weight excluding hydrogens is 329 g/mol. The van der Waals surface area contributed by atoms with Gasteiger partial charge in [-0.25, -0.2) is 9.78 Å². The second-order valence-corrected chi connectivity index (χ2v) is 5.16. The van der Waals surface area contributed by atoms with Gasteiger partial charge in [-0.1, -0.05) is 0 Å². The van der Waals surface area contributed by atoms with Crippen LogP contribution in [0.4, 0.5) is 24.7 Å². The fourth-order valence-corrected chi connectivity index (χ4v) is 2.26. The van der Waals surface area contributed by atoms with Gasteiger partial charge in [0.2, 0.25) is 0 Å². The molecule has 1 aromatic heterocycles. The lowest BCUT2D eigenvalue weighted by Gasteiger charge is -2.30. The molecule has 0 aliphatic carbocycles. The highest BCUT2D eigenvalue weighted by molar-refractivity contribution is 5.92. The number of nitrogens with zero attached hydrogens (tertiary/aromatic N) is 2. The maximum absolute atomic E-state index is 12.0. The van der Waals surface area contributed by atoms with Crippen molar-refractivity contribution < 1.29 is 27.5 Å². The molecule has 1 aromatic rings. The number of aromatic nitrogens is 1. The minimum Gasteiger partial charge on any atom is -0.449 e. The van der Waals surface area contributed by atoms with Gasteiger partial charge in [0.1, 0.15) is 5.82 Å². The number of piperazine rings is 1. The molecule has 132 valence electrons. The van der Waals surface area contributed by atoms with E-state index in [-0.39, 0.29) is 5.82 Å². The van der Waals surface area contributed by atoms with Crippen molar-refractivity contribution in [2.75, 3.05) is 43.0 Å². The number of ether oxygens (including phenoxy) is 1. The molecule has 1 fully saturated rings. The Bertz CT molecular complexity index is 616. The molecule has 1 amide bonds. The Morgan fingerprint density at radius 2 is 2.00 bits per heavy atom.